The van der Waals surface area contributed by atoms with Crippen LogP contribution in [0.3, 0.4) is 0 Å². The number of thiazole rings is 1. The van der Waals surface area contributed by atoms with Crippen molar-refractivity contribution in [2.45, 2.75) is 45.4 Å². The number of ketones is 1. The van der Waals surface area contributed by atoms with Crippen LogP contribution in [0.15, 0.2) is 23.6 Å². The number of rotatable bonds is 9. The van der Waals surface area contributed by atoms with Crippen LogP contribution in [0, 0.1) is 5.92 Å². The molecule has 33 heavy (non-hydrogen) atoms. The summed E-state index contributed by atoms with van der Waals surface area (Å²) in [7, 11) is 1.55. The van der Waals surface area contributed by atoms with Gasteiger partial charge in [0.05, 0.1) is 30.8 Å². The molecule has 3 N–H and O–H groups in total. The zero-order valence-corrected chi connectivity index (χ0v) is 19.5. The number of urea groups is 1. The molecule has 0 unspecified atom stereocenters. The van der Waals surface area contributed by atoms with E-state index in [0.717, 1.165) is 25.7 Å². The molecule has 1 aliphatic rings. The van der Waals surface area contributed by atoms with E-state index in [4.69, 9.17) is 4.74 Å². The van der Waals surface area contributed by atoms with E-state index in [2.05, 4.69) is 20.9 Å². The van der Waals surface area contributed by atoms with Crippen LogP contribution in [0.25, 0.3) is 0 Å². The van der Waals surface area contributed by atoms with Crippen molar-refractivity contribution in [3.05, 3.63) is 40.4 Å². The Morgan fingerprint density at radius 3 is 2.58 bits per heavy atom. The molecule has 9 nitrogen and oxygen atoms in total. The summed E-state index contributed by atoms with van der Waals surface area (Å²) >= 11 is 1.20. The van der Waals surface area contributed by atoms with Crippen LogP contribution in [0.4, 0.5) is 15.6 Å². The number of nitrogens with one attached hydrogen (secondary N) is 3. The third-order valence-corrected chi connectivity index (χ3v) is 6.18. The maximum atomic E-state index is 13.2. The maximum absolute atomic E-state index is 13.2. The Bertz CT molecular complexity index is 1030. The molecule has 1 aliphatic carbocycles. The zero-order valence-electron chi connectivity index (χ0n) is 18.7. The van der Waals surface area contributed by atoms with E-state index >= 15 is 0 Å². The van der Waals surface area contributed by atoms with Gasteiger partial charge in [0.1, 0.15) is 0 Å². The summed E-state index contributed by atoms with van der Waals surface area (Å²) in [4.78, 5) is 53.4. The molecule has 3 amide bonds. The van der Waals surface area contributed by atoms with Crippen molar-refractivity contribution >= 4 is 45.8 Å². The highest BCUT2D eigenvalue weighted by atomic mass is 32.1. The van der Waals surface area contributed by atoms with Gasteiger partial charge in [-0.25, -0.2) is 9.78 Å². The largest absolute Gasteiger partial charge is 0.466 e. The van der Waals surface area contributed by atoms with Crippen LogP contribution in [0.5, 0.6) is 0 Å². The van der Waals surface area contributed by atoms with Gasteiger partial charge >= 0.3 is 12.0 Å². The topological polar surface area (TPSA) is 126 Å². The van der Waals surface area contributed by atoms with Crippen molar-refractivity contribution in [3.63, 3.8) is 0 Å². The van der Waals surface area contributed by atoms with E-state index in [-0.39, 0.29) is 43.0 Å². The molecule has 3 rings (SSSR count). The van der Waals surface area contributed by atoms with Gasteiger partial charge in [-0.15, -0.1) is 11.3 Å². The SMILES string of the molecule is CCOC(=O)Cc1ccc(NC(=O)Nc2nc(CC(=O)NC)cs2)c(C(=O)C2CCCC2)c1. The number of hydrogen-bond donors (Lipinski definition) is 3. The van der Waals surface area contributed by atoms with Crippen molar-refractivity contribution < 1.29 is 23.9 Å². The first-order valence-corrected chi connectivity index (χ1v) is 11.8. The zero-order chi connectivity index (χ0) is 23.8. The predicted octanol–water partition coefficient (Wildman–Crippen LogP) is 3.55. The van der Waals surface area contributed by atoms with Gasteiger partial charge in [-0.3, -0.25) is 19.7 Å². The molecule has 1 aromatic carbocycles. The molecule has 10 heteroatoms. The van der Waals surface area contributed by atoms with Crippen LogP contribution in [-0.2, 0) is 27.2 Å². The average Bonchev–Trinajstić information content (AvgIpc) is 3.47. The number of anilines is 2. The maximum Gasteiger partial charge on any atom is 0.325 e. The number of amides is 3. The Labute approximate surface area is 196 Å². The summed E-state index contributed by atoms with van der Waals surface area (Å²) in [5, 5.41) is 9.94. The number of carbonyl (C=O) groups excluding carboxylic acids is 4. The molecule has 1 heterocycles. The summed E-state index contributed by atoms with van der Waals surface area (Å²) < 4.78 is 5.01. The molecule has 1 aromatic heterocycles. The molecule has 0 spiro atoms. The van der Waals surface area contributed by atoms with Crippen LogP contribution < -0.4 is 16.0 Å². The molecular weight excluding hydrogens is 444 g/mol. The third kappa shape index (κ3) is 6.85. The van der Waals surface area contributed by atoms with Gasteiger partial charge in [0.2, 0.25) is 5.91 Å². The second kappa shape index (κ2) is 11.6. The van der Waals surface area contributed by atoms with Gasteiger partial charge in [0.25, 0.3) is 0 Å². The third-order valence-electron chi connectivity index (χ3n) is 5.37. The van der Waals surface area contributed by atoms with Crippen molar-refractivity contribution in [2.24, 2.45) is 5.92 Å². The minimum Gasteiger partial charge on any atom is -0.466 e. The Kier molecular flexibility index (Phi) is 8.53. The number of benzene rings is 1. The molecule has 0 aliphatic heterocycles. The molecule has 0 radical (unpaired) electrons. The van der Waals surface area contributed by atoms with E-state index in [9.17, 15) is 19.2 Å². The van der Waals surface area contributed by atoms with Gasteiger partial charge in [-0.05, 0) is 37.5 Å². The van der Waals surface area contributed by atoms with Crippen LogP contribution in [-0.4, -0.2) is 42.3 Å². The van der Waals surface area contributed by atoms with Crippen molar-refractivity contribution in [1.82, 2.24) is 10.3 Å². The van der Waals surface area contributed by atoms with Gasteiger partial charge in [0.15, 0.2) is 10.9 Å². The number of hydrogen-bond acceptors (Lipinski definition) is 7. The minimum absolute atomic E-state index is 0.0318. The molecule has 1 saturated carbocycles. The number of Topliss-reactive ketones (excluding diaryl/α,β-unsaturated/α-hetero) is 1. The highest BCUT2D eigenvalue weighted by Crippen LogP contribution is 2.31. The van der Waals surface area contributed by atoms with E-state index < -0.39 is 6.03 Å². The number of esters is 1. The number of nitrogens with zero attached hydrogens (tertiary/aromatic N) is 1. The molecule has 176 valence electrons. The predicted molar refractivity (Wildman–Crippen MR) is 126 cm³/mol. The van der Waals surface area contributed by atoms with Crippen LogP contribution in [0.1, 0.15) is 54.2 Å². The van der Waals surface area contributed by atoms with Gasteiger partial charge < -0.3 is 15.4 Å². The summed E-state index contributed by atoms with van der Waals surface area (Å²) in [5.74, 6) is -0.658. The Morgan fingerprint density at radius 2 is 1.88 bits per heavy atom. The first-order valence-electron chi connectivity index (χ1n) is 10.9. The normalized spacial score (nSPS) is 13.4. The number of likely N-dealkylation sites (N-methyl/N-ethyl adjacent to an activating group) is 1. The van der Waals surface area contributed by atoms with E-state index in [0.29, 0.717) is 27.6 Å². The fourth-order valence-corrected chi connectivity index (χ4v) is 4.46. The molecule has 2 aromatic rings. The highest BCUT2D eigenvalue weighted by molar-refractivity contribution is 7.14. The highest BCUT2D eigenvalue weighted by Gasteiger charge is 2.26. The summed E-state index contributed by atoms with van der Waals surface area (Å²) in [6, 6.07) is 4.45. The lowest BCUT2D eigenvalue weighted by molar-refractivity contribution is -0.142. The molecular formula is C23H28N4O5S. The molecule has 1 fully saturated rings. The fourth-order valence-electron chi connectivity index (χ4n) is 3.75. The van der Waals surface area contributed by atoms with Crippen molar-refractivity contribution in [2.75, 3.05) is 24.3 Å². The second-order valence-electron chi connectivity index (χ2n) is 7.78. The summed E-state index contributed by atoms with van der Waals surface area (Å²) in [6.07, 6.45) is 3.82. The van der Waals surface area contributed by atoms with Gasteiger partial charge in [0, 0.05) is 23.9 Å². The summed E-state index contributed by atoms with van der Waals surface area (Å²) in [5.41, 5.74) is 1.96. The molecule has 0 saturated heterocycles. The van der Waals surface area contributed by atoms with E-state index in [1.807, 2.05) is 0 Å². The first kappa shape index (κ1) is 24.4. The summed E-state index contributed by atoms with van der Waals surface area (Å²) in [6.45, 7) is 2.02. The lowest BCUT2D eigenvalue weighted by Gasteiger charge is -2.15. The Balaban J connectivity index is 1.74. The van der Waals surface area contributed by atoms with Crippen LogP contribution in [0.2, 0.25) is 0 Å². The Morgan fingerprint density at radius 1 is 1.12 bits per heavy atom. The monoisotopic (exact) mass is 472 g/mol. The van der Waals surface area contributed by atoms with Crippen molar-refractivity contribution in [1.29, 1.82) is 0 Å². The fraction of sp³-hybridized carbons (Fsp3) is 0.435. The second-order valence-corrected chi connectivity index (χ2v) is 8.64. The smallest absolute Gasteiger partial charge is 0.325 e. The molecule has 0 bridgehead atoms. The van der Waals surface area contributed by atoms with E-state index in [1.54, 1.807) is 37.6 Å². The van der Waals surface area contributed by atoms with E-state index in [1.165, 1.54) is 11.3 Å². The van der Waals surface area contributed by atoms with Gasteiger partial charge in [-0.2, -0.15) is 0 Å². The van der Waals surface area contributed by atoms with Crippen LogP contribution >= 0.6 is 11.3 Å². The lowest BCUT2D eigenvalue weighted by Crippen LogP contribution is -2.23. The number of ether oxygens (including phenoxy) is 1. The number of aromatic nitrogens is 1. The minimum atomic E-state index is -0.547. The standard InChI is InChI=1S/C23H28N4O5S/c1-3-32-20(29)11-14-8-9-18(17(10-14)21(30)15-6-4-5-7-15)26-22(31)27-23-25-16(13-33-23)12-19(28)24-2/h8-10,13,15H,3-7,11-12H2,1-2H3,(H,24,28)(H2,25,26,27,31). The van der Waals surface area contributed by atoms with Gasteiger partial charge in [-0.1, -0.05) is 18.9 Å². The average molecular weight is 473 g/mol. The van der Waals surface area contributed by atoms with Crippen molar-refractivity contribution in [3.8, 4) is 0 Å². The Hall–Kier alpha value is -3.27. The quantitative estimate of drug-likeness (QED) is 0.378. The molecule has 0 atom stereocenters. The first-order chi connectivity index (χ1) is 15.9. The number of carbonyl (C=O) groups is 4. The lowest BCUT2D eigenvalue weighted by atomic mass is 9.93.